The first-order valence-corrected chi connectivity index (χ1v) is 6.87. The van der Waals surface area contributed by atoms with E-state index in [1.165, 1.54) is 6.34 Å². The van der Waals surface area contributed by atoms with Crippen LogP contribution in [0.2, 0.25) is 0 Å². The molecular weight excluding hydrogens is 353 g/mol. The number of fused-ring (bicyclic) bond motifs is 1. The summed E-state index contributed by atoms with van der Waals surface area (Å²) in [5.41, 5.74) is 2.39. The van der Waals surface area contributed by atoms with Crippen molar-refractivity contribution >= 4 is 45.7 Å². The molecule has 1 amide bonds. The summed E-state index contributed by atoms with van der Waals surface area (Å²) in [6.07, 6.45) is 3.25. The fourth-order valence-corrected chi connectivity index (χ4v) is 2.75. The Balaban J connectivity index is 2.63. The Morgan fingerprint density at radius 3 is 2.89 bits per heavy atom. The SMILES string of the molecule is Cc1cc(I)c2ncccc2c1C(=O)N=CN(C)C. The molecule has 5 heteroatoms. The number of aliphatic imine (C=N–C) groups is 1. The standard InChI is InChI=1S/C14H14IN3O/c1-9-7-11(15)13-10(5-4-6-16-13)12(9)14(19)17-8-18(2)3/h4-8H,1-3H3. The van der Waals surface area contributed by atoms with E-state index in [1.54, 1.807) is 11.1 Å². The predicted octanol–water partition coefficient (Wildman–Crippen LogP) is 2.88. The quantitative estimate of drug-likeness (QED) is 0.466. The molecule has 1 aromatic heterocycles. The minimum absolute atomic E-state index is 0.236. The van der Waals surface area contributed by atoms with Gasteiger partial charge in [-0.2, -0.15) is 4.99 Å². The summed E-state index contributed by atoms with van der Waals surface area (Å²) >= 11 is 2.24. The average molecular weight is 367 g/mol. The van der Waals surface area contributed by atoms with Crippen LogP contribution in [0.15, 0.2) is 29.4 Å². The summed E-state index contributed by atoms with van der Waals surface area (Å²) in [5, 5.41) is 0.854. The van der Waals surface area contributed by atoms with E-state index >= 15 is 0 Å². The molecule has 4 nitrogen and oxygen atoms in total. The van der Waals surface area contributed by atoms with Crippen molar-refractivity contribution in [2.24, 2.45) is 4.99 Å². The van der Waals surface area contributed by atoms with Gasteiger partial charge in [0.1, 0.15) is 0 Å². The number of benzene rings is 1. The molecule has 0 unspecified atom stereocenters. The minimum Gasteiger partial charge on any atom is -0.369 e. The highest BCUT2D eigenvalue weighted by Gasteiger charge is 2.15. The maximum Gasteiger partial charge on any atom is 0.279 e. The van der Waals surface area contributed by atoms with Crippen molar-refractivity contribution in [2.75, 3.05) is 14.1 Å². The van der Waals surface area contributed by atoms with Crippen LogP contribution in [0.4, 0.5) is 0 Å². The maximum absolute atomic E-state index is 12.2. The number of amides is 1. The molecular formula is C14H14IN3O. The lowest BCUT2D eigenvalue weighted by atomic mass is 10.0. The lowest BCUT2D eigenvalue weighted by Crippen LogP contribution is -2.10. The Kier molecular flexibility index (Phi) is 4.14. The topological polar surface area (TPSA) is 45.6 Å². The van der Waals surface area contributed by atoms with Gasteiger partial charge in [0.05, 0.1) is 17.4 Å². The molecule has 98 valence electrons. The second-order valence-corrected chi connectivity index (χ2v) is 5.63. The van der Waals surface area contributed by atoms with Gasteiger partial charge in [-0.1, -0.05) is 6.07 Å². The fourth-order valence-electron chi connectivity index (χ4n) is 1.86. The zero-order valence-electron chi connectivity index (χ0n) is 11.0. The molecule has 0 bridgehead atoms. The number of aryl methyl sites for hydroxylation is 1. The van der Waals surface area contributed by atoms with Crippen molar-refractivity contribution in [3.8, 4) is 0 Å². The normalized spacial score (nSPS) is 11.2. The molecule has 0 radical (unpaired) electrons. The summed E-state index contributed by atoms with van der Waals surface area (Å²) < 4.78 is 1.04. The van der Waals surface area contributed by atoms with Crippen LogP contribution < -0.4 is 0 Å². The van der Waals surface area contributed by atoms with Crippen LogP contribution in [0.3, 0.4) is 0 Å². The highest BCUT2D eigenvalue weighted by atomic mass is 127. The largest absolute Gasteiger partial charge is 0.369 e. The Morgan fingerprint density at radius 2 is 2.21 bits per heavy atom. The number of hydrogen-bond acceptors (Lipinski definition) is 2. The molecule has 0 aliphatic carbocycles. The number of nitrogens with zero attached hydrogens (tertiary/aromatic N) is 3. The third-order valence-electron chi connectivity index (χ3n) is 2.66. The molecule has 2 aromatic rings. The van der Waals surface area contributed by atoms with Crippen molar-refractivity contribution in [1.29, 1.82) is 0 Å². The Hall–Kier alpha value is -1.50. The molecule has 0 saturated carbocycles. The third kappa shape index (κ3) is 2.91. The van der Waals surface area contributed by atoms with Gasteiger partial charge < -0.3 is 4.90 Å². The molecule has 0 atom stereocenters. The Bertz CT molecular complexity index is 665. The van der Waals surface area contributed by atoms with Gasteiger partial charge in [-0.05, 0) is 47.2 Å². The number of carbonyl (C=O) groups excluding carboxylic acids is 1. The molecule has 0 spiro atoms. The van der Waals surface area contributed by atoms with Gasteiger partial charge >= 0.3 is 0 Å². The highest BCUT2D eigenvalue weighted by molar-refractivity contribution is 14.1. The van der Waals surface area contributed by atoms with Crippen LogP contribution in [0.1, 0.15) is 15.9 Å². The highest BCUT2D eigenvalue weighted by Crippen LogP contribution is 2.26. The first-order valence-electron chi connectivity index (χ1n) is 5.79. The molecule has 1 aromatic carbocycles. The molecule has 0 N–H and O–H groups in total. The van der Waals surface area contributed by atoms with Crippen molar-refractivity contribution < 1.29 is 4.79 Å². The van der Waals surface area contributed by atoms with Crippen molar-refractivity contribution in [3.05, 3.63) is 39.1 Å². The fraction of sp³-hybridized carbons (Fsp3) is 0.214. The molecule has 0 aliphatic heterocycles. The minimum atomic E-state index is -0.236. The maximum atomic E-state index is 12.2. The van der Waals surface area contributed by atoms with Gasteiger partial charge in [0.25, 0.3) is 5.91 Å². The zero-order valence-corrected chi connectivity index (χ0v) is 13.2. The number of halogens is 1. The second-order valence-electron chi connectivity index (χ2n) is 4.46. The lowest BCUT2D eigenvalue weighted by Gasteiger charge is -2.09. The van der Waals surface area contributed by atoms with Crippen LogP contribution in [0.5, 0.6) is 0 Å². The number of aromatic nitrogens is 1. The summed E-state index contributed by atoms with van der Waals surface area (Å²) in [7, 11) is 3.66. The first kappa shape index (κ1) is 13.9. The van der Waals surface area contributed by atoms with Crippen molar-refractivity contribution in [2.45, 2.75) is 6.92 Å². The summed E-state index contributed by atoms with van der Waals surface area (Å²) in [6, 6.07) is 5.72. The van der Waals surface area contributed by atoms with E-state index in [4.69, 9.17) is 0 Å². The van der Waals surface area contributed by atoms with Gasteiger partial charge in [0.15, 0.2) is 0 Å². The van der Waals surface area contributed by atoms with Gasteiger partial charge in [-0.3, -0.25) is 9.78 Å². The Labute approximate surface area is 125 Å². The molecule has 0 saturated heterocycles. The summed E-state index contributed by atoms with van der Waals surface area (Å²) in [5.74, 6) is -0.236. The average Bonchev–Trinajstić information content (AvgIpc) is 2.36. The van der Waals surface area contributed by atoms with Crippen LogP contribution in [-0.2, 0) is 0 Å². The van der Waals surface area contributed by atoms with E-state index in [0.29, 0.717) is 5.56 Å². The van der Waals surface area contributed by atoms with Crippen molar-refractivity contribution in [3.63, 3.8) is 0 Å². The zero-order chi connectivity index (χ0) is 14.0. The van der Waals surface area contributed by atoms with Crippen LogP contribution in [-0.4, -0.2) is 36.2 Å². The van der Waals surface area contributed by atoms with Crippen molar-refractivity contribution in [1.82, 2.24) is 9.88 Å². The lowest BCUT2D eigenvalue weighted by molar-refractivity contribution is 0.100. The summed E-state index contributed by atoms with van der Waals surface area (Å²) in [6.45, 7) is 1.92. The molecule has 19 heavy (non-hydrogen) atoms. The molecule has 0 aliphatic rings. The predicted molar refractivity (Wildman–Crippen MR) is 85.7 cm³/mol. The monoisotopic (exact) mass is 367 g/mol. The molecule has 2 rings (SSSR count). The second kappa shape index (κ2) is 5.64. The third-order valence-corrected chi connectivity index (χ3v) is 3.48. The van der Waals surface area contributed by atoms with E-state index in [-0.39, 0.29) is 5.91 Å². The van der Waals surface area contributed by atoms with Crippen LogP contribution >= 0.6 is 22.6 Å². The van der Waals surface area contributed by atoms with Crippen LogP contribution in [0.25, 0.3) is 10.9 Å². The van der Waals surface area contributed by atoms with E-state index < -0.39 is 0 Å². The van der Waals surface area contributed by atoms with Gasteiger partial charge in [0.2, 0.25) is 0 Å². The summed E-state index contributed by atoms with van der Waals surface area (Å²) in [4.78, 5) is 22.3. The van der Waals surface area contributed by atoms with Gasteiger partial charge in [0, 0.05) is 29.2 Å². The number of rotatable bonds is 2. The number of carbonyl (C=O) groups is 1. The molecule has 1 heterocycles. The van der Waals surface area contributed by atoms with Gasteiger partial charge in [-0.15, -0.1) is 0 Å². The van der Waals surface area contributed by atoms with Crippen LogP contribution in [0, 0.1) is 10.5 Å². The number of pyridine rings is 1. The molecule has 0 fully saturated rings. The van der Waals surface area contributed by atoms with E-state index in [0.717, 1.165) is 20.0 Å². The number of hydrogen-bond donors (Lipinski definition) is 0. The Morgan fingerprint density at radius 1 is 1.47 bits per heavy atom. The van der Waals surface area contributed by atoms with E-state index in [9.17, 15) is 4.79 Å². The van der Waals surface area contributed by atoms with E-state index in [1.807, 2.05) is 39.2 Å². The van der Waals surface area contributed by atoms with E-state index in [2.05, 4.69) is 32.6 Å². The smallest absolute Gasteiger partial charge is 0.279 e. The first-order chi connectivity index (χ1) is 9.00. The van der Waals surface area contributed by atoms with Gasteiger partial charge in [-0.25, -0.2) is 0 Å².